The van der Waals surface area contributed by atoms with Gasteiger partial charge in [-0.2, -0.15) is 0 Å². The Morgan fingerprint density at radius 1 is 1.39 bits per heavy atom. The highest BCUT2D eigenvalue weighted by Gasteiger charge is 2.13. The summed E-state index contributed by atoms with van der Waals surface area (Å²) in [6.45, 7) is 2.47. The zero-order valence-corrected chi connectivity index (χ0v) is 10.1. The minimum atomic E-state index is -0.620. The highest BCUT2D eigenvalue weighted by Crippen LogP contribution is 2.24. The number of rotatable bonds is 8. The zero-order chi connectivity index (χ0) is 13.4. The molecule has 1 aromatic carbocycles. The quantitative estimate of drug-likeness (QED) is 0.418. The number of nitrogens with zero attached hydrogens (tertiary/aromatic N) is 1. The summed E-state index contributed by atoms with van der Waals surface area (Å²) in [4.78, 5) is 10.1. The molecule has 0 aromatic heterocycles. The van der Waals surface area contributed by atoms with Gasteiger partial charge >= 0.3 is 0 Å². The summed E-state index contributed by atoms with van der Waals surface area (Å²) in [6.07, 6.45) is 0. The average Bonchev–Trinajstić information content (AvgIpc) is 2.35. The van der Waals surface area contributed by atoms with E-state index < -0.39 is 10.7 Å². The molecule has 1 aromatic rings. The number of nitrogens with one attached hydrogen (secondary N) is 2. The number of benzene rings is 1. The van der Waals surface area contributed by atoms with Crippen LogP contribution in [0.3, 0.4) is 0 Å². The minimum Gasteiger partial charge on any atom is -0.383 e. The van der Waals surface area contributed by atoms with Crippen LogP contribution in [0.2, 0.25) is 0 Å². The van der Waals surface area contributed by atoms with Crippen LogP contribution in [0.5, 0.6) is 0 Å². The molecule has 0 atom stereocenters. The van der Waals surface area contributed by atoms with E-state index in [1.807, 2.05) is 0 Å². The zero-order valence-electron chi connectivity index (χ0n) is 10.1. The van der Waals surface area contributed by atoms with E-state index in [9.17, 15) is 14.5 Å². The average molecular weight is 257 g/mol. The summed E-state index contributed by atoms with van der Waals surface area (Å²) < 4.78 is 17.7. The van der Waals surface area contributed by atoms with Gasteiger partial charge in [-0.3, -0.25) is 10.1 Å². The van der Waals surface area contributed by atoms with Crippen molar-refractivity contribution in [3.8, 4) is 0 Å². The summed E-state index contributed by atoms with van der Waals surface area (Å²) in [6, 6.07) is 3.46. The van der Waals surface area contributed by atoms with E-state index in [4.69, 9.17) is 4.74 Å². The van der Waals surface area contributed by atoms with E-state index in [1.165, 1.54) is 12.1 Å². The van der Waals surface area contributed by atoms with Crippen molar-refractivity contribution in [2.75, 3.05) is 38.7 Å². The second kappa shape index (κ2) is 7.57. The molecule has 0 saturated carbocycles. The molecule has 6 nitrogen and oxygen atoms in total. The van der Waals surface area contributed by atoms with Crippen LogP contribution in [-0.2, 0) is 4.74 Å². The van der Waals surface area contributed by atoms with Crippen LogP contribution in [0, 0.1) is 15.9 Å². The van der Waals surface area contributed by atoms with E-state index in [0.717, 1.165) is 6.07 Å². The molecule has 0 heterocycles. The number of anilines is 1. The molecule has 0 aliphatic rings. The van der Waals surface area contributed by atoms with Gasteiger partial charge in [0.25, 0.3) is 5.69 Å². The van der Waals surface area contributed by atoms with Gasteiger partial charge in [-0.1, -0.05) is 0 Å². The van der Waals surface area contributed by atoms with Gasteiger partial charge in [-0.25, -0.2) is 4.39 Å². The highest BCUT2D eigenvalue weighted by atomic mass is 19.1. The molecule has 1 rings (SSSR count). The van der Waals surface area contributed by atoms with Crippen LogP contribution in [0.1, 0.15) is 0 Å². The van der Waals surface area contributed by atoms with Gasteiger partial charge in [0.15, 0.2) is 0 Å². The first-order chi connectivity index (χ1) is 8.65. The number of ether oxygens (including phenoxy) is 1. The Labute approximate surface area is 104 Å². The second-order valence-electron chi connectivity index (χ2n) is 3.59. The van der Waals surface area contributed by atoms with E-state index in [1.54, 1.807) is 7.11 Å². The van der Waals surface area contributed by atoms with E-state index in [2.05, 4.69) is 10.6 Å². The van der Waals surface area contributed by atoms with Gasteiger partial charge in [-0.15, -0.1) is 0 Å². The summed E-state index contributed by atoms with van der Waals surface area (Å²) >= 11 is 0. The third-order valence-electron chi connectivity index (χ3n) is 2.26. The lowest BCUT2D eigenvalue weighted by molar-refractivity contribution is -0.384. The SMILES string of the molecule is COCCNCCNc1ccc(F)cc1[N+](=O)[O-]. The number of hydrogen-bond donors (Lipinski definition) is 2. The first-order valence-corrected chi connectivity index (χ1v) is 5.52. The fraction of sp³-hybridized carbons (Fsp3) is 0.455. The smallest absolute Gasteiger partial charge is 0.295 e. The van der Waals surface area contributed by atoms with Crippen LogP contribution in [0.15, 0.2) is 18.2 Å². The molecule has 0 radical (unpaired) electrons. The Kier molecular flexibility index (Phi) is 6.03. The monoisotopic (exact) mass is 257 g/mol. The molecule has 0 aliphatic heterocycles. The van der Waals surface area contributed by atoms with Gasteiger partial charge in [0.05, 0.1) is 17.6 Å². The molecule has 7 heteroatoms. The first-order valence-electron chi connectivity index (χ1n) is 5.52. The summed E-state index contributed by atoms with van der Waals surface area (Å²) in [7, 11) is 1.61. The minimum absolute atomic E-state index is 0.258. The Morgan fingerprint density at radius 2 is 2.17 bits per heavy atom. The van der Waals surface area contributed by atoms with Crippen molar-refractivity contribution >= 4 is 11.4 Å². The van der Waals surface area contributed by atoms with Gasteiger partial charge < -0.3 is 15.4 Å². The van der Waals surface area contributed by atoms with E-state index in [-0.39, 0.29) is 5.69 Å². The van der Waals surface area contributed by atoms with E-state index >= 15 is 0 Å². The largest absolute Gasteiger partial charge is 0.383 e. The molecule has 0 fully saturated rings. The molecule has 0 aliphatic carbocycles. The van der Waals surface area contributed by atoms with Gasteiger partial charge in [0.2, 0.25) is 0 Å². The van der Waals surface area contributed by atoms with Crippen molar-refractivity contribution < 1.29 is 14.1 Å². The molecular formula is C11H16FN3O3. The molecule has 2 N–H and O–H groups in total. The van der Waals surface area contributed by atoms with Crippen molar-refractivity contribution in [2.45, 2.75) is 0 Å². The maximum atomic E-state index is 12.9. The molecule has 0 bridgehead atoms. The summed E-state index contributed by atoms with van der Waals surface area (Å²) in [5.41, 5.74) is 0.0573. The summed E-state index contributed by atoms with van der Waals surface area (Å²) in [5.74, 6) is -0.620. The van der Waals surface area contributed by atoms with Crippen molar-refractivity contribution in [1.29, 1.82) is 0 Å². The van der Waals surface area contributed by atoms with Crippen molar-refractivity contribution in [3.63, 3.8) is 0 Å². The molecule has 0 saturated heterocycles. The number of halogens is 1. The Bertz CT molecular complexity index is 401. The fourth-order valence-corrected chi connectivity index (χ4v) is 1.39. The van der Waals surface area contributed by atoms with Crippen LogP contribution in [0.25, 0.3) is 0 Å². The molecule has 0 unspecified atom stereocenters. The molecule has 18 heavy (non-hydrogen) atoms. The lowest BCUT2D eigenvalue weighted by Gasteiger charge is -2.08. The maximum absolute atomic E-state index is 12.9. The molecule has 100 valence electrons. The number of hydrogen-bond acceptors (Lipinski definition) is 5. The Hall–Kier alpha value is -1.73. The van der Waals surface area contributed by atoms with Gasteiger partial charge in [0, 0.05) is 26.7 Å². The van der Waals surface area contributed by atoms with Crippen molar-refractivity contribution in [3.05, 3.63) is 34.1 Å². The molecular weight excluding hydrogens is 241 g/mol. The standard InChI is InChI=1S/C11H16FN3O3/c1-18-7-6-13-4-5-14-10-3-2-9(12)8-11(10)15(16)17/h2-3,8,13-14H,4-7H2,1H3. The van der Waals surface area contributed by atoms with E-state index in [0.29, 0.717) is 31.9 Å². The predicted octanol–water partition coefficient (Wildman–Crippen LogP) is 1.38. The Balaban J connectivity index is 2.44. The predicted molar refractivity (Wildman–Crippen MR) is 66.3 cm³/mol. The fourth-order valence-electron chi connectivity index (χ4n) is 1.39. The van der Waals surface area contributed by atoms with Crippen LogP contribution in [0.4, 0.5) is 15.8 Å². The number of nitro benzene ring substituents is 1. The lowest BCUT2D eigenvalue weighted by atomic mass is 10.2. The van der Waals surface area contributed by atoms with Crippen LogP contribution >= 0.6 is 0 Å². The molecule has 0 spiro atoms. The number of methoxy groups -OCH3 is 1. The van der Waals surface area contributed by atoms with Gasteiger partial charge in [0.1, 0.15) is 11.5 Å². The van der Waals surface area contributed by atoms with Crippen LogP contribution in [-0.4, -0.2) is 38.3 Å². The Morgan fingerprint density at radius 3 is 2.83 bits per heavy atom. The van der Waals surface area contributed by atoms with Crippen molar-refractivity contribution in [1.82, 2.24) is 5.32 Å². The highest BCUT2D eigenvalue weighted by molar-refractivity contribution is 5.61. The van der Waals surface area contributed by atoms with Crippen molar-refractivity contribution in [2.24, 2.45) is 0 Å². The summed E-state index contributed by atoms with van der Waals surface area (Å²) in [5, 5.41) is 16.7. The first kappa shape index (κ1) is 14.3. The van der Waals surface area contributed by atoms with Gasteiger partial charge in [-0.05, 0) is 12.1 Å². The molecule has 0 amide bonds. The number of nitro groups is 1. The third kappa shape index (κ3) is 4.64. The second-order valence-corrected chi connectivity index (χ2v) is 3.59. The topological polar surface area (TPSA) is 76.4 Å². The maximum Gasteiger partial charge on any atom is 0.295 e. The third-order valence-corrected chi connectivity index (χ3v) is 2.26. The lowest BCUT2D eigenvalue weighted by Crippen LogP contribution is -2.25. The normalized spacial score (nSPS) is 10.3. The van der Waals surface area contributed by atoms with Crippen LogP contribution < -0.4 is 10.6 Å².